The van der Waals surface area contributed by atoms with E-state index in [0.29, 0.717) is 6.54 Å². The number of halogens is 1. The molecule has 2 aromatic carbocycles. The zero-order valence-corrected chi connectivity index (χ0v) is 13.8. The molecule has 2 heterocycles. The fraction of sp³-hybridized carbons (Fsp3) is 0.0556. The Morgan fingerprint density at radius 2 is 1.96 bits per heavy atom. The van der Waals surface area contributed by atoms with Gasteiger partial charge in [-0.2, -0.15) is 0 Å². The van der Waals surface area contributed by atoms with Crippen LogP contribution < -0.4 is 10.9 Å². The number of fused-ring (bicyclic) bond motifs is 3. The smallest absolute Gasteiger partial charge is 0.256 e. The summed E-state index contributed by atoms with van der Waals surface area (Å²) in [6.45, 7) is 0.693. The fourth-order valence-corrected chi connectivity index (χ4v) is 3.30. The van der Waals surface area contributed by atoms with Crippen LogP contribution in [0.4, 0.5) is 5.69 Å². The van der Waals surface area contributed by atoms with Gasteiger partial charge in [0.1, 0.15) is 0 Å². The van der Waals surface area contributed by atoms with Crippen molar-refractivity contribution in [3.05, 3.63) is 75.4 Å². The normalized spacial score (nSPS) is 11.2. The molecule has 0 radical (unpaired) electrons. The van der Waals surface area contributed by atoms with E-state index >= 15 is 0 Å². The minimum Gasteiger partial charge on any atom is -0.380 e. The van der Waals surface area contributed by atoms with Gasteiger partial charge in [-0.25, -0.2) is 0 Å². The van der Waals surface area contributed by atoms with Crippen molar-refractivity contribution in [1.82, 2.24) is 9.97 Å². The lowest BCUT2D eigenvalue weighted by molar-refractivity contribution is 1.17. The average Bonchev–Trinajstić information content (AvgIpc) is 3.05. The SMILES string of the molecule is O=c1[nH]ccc2cc(CNc3cc[nH]c3)c3ccc(Br)cc3c12. The summed E-state index contributed by atoms with van der Waals surface area (Å²) in [7, 11) is 0. The van der Waals surface area contributed by atoms with Gasteiger partial charge in [0.25, 0.3) is 5.56 Å². The number of nitrogens with one attached hydrogen (secondary N) is 3. The van der Waals surface area contributed by atoms with E-state index in [4.69, 9.17) is 0 Å². The van der Waals surface area contributed by atoms with E-state index < -0.39 is 0 Å². The van der Waals surface area contributed by atoms with Crippen LogP contribution in [-0.2, 0) is 6.54 Å². The van der Waals surface area contributed by atoms with Crippen LogP contribution >= 0.6 is 15.9 Å². The quantitative estimate of drug-likeness (QED) is 0.470. The highest BCUT2D eigenvalue weighted by Crippen LogP contribution is 2.29. The Balaban J connectivity index is 1.94. The van der Waals surface area contributed by atoms with Crippen molar-refractivity contribution >= 4 is 43.2 Å². The fourth-order valence-electron chi connectivity index (χ4n) is 2.94. The van der Waals surface area contributed by atoms with Crippen molar-refractivity contribution in [3.8, 4) is 0 Å². The molecule has 0 saturated heterocycles. The van der Waals surface area contributed by atoms with Crippen LogP contribution in [-0.4, -0.2) is 9.97 Å². The van der Waals surface area contributed by atoms with E-state index in [1.165, 1.54) is 0 Å². The van der Waals surface area contributed by atoms with Crippen LogP contribution in [0.5, 0.6) is 0 Å². The van der Waals surface area contributed by atoms with Gasteiger partial charge in [-0.3, -0.25) is 4.79 Å². The predicted molar refractivity (Wildman–Crippen MR) is 97.9 cm³/mol. The van der Waals surface area contributed by atoms with Gasteiger partial charge in [0.05, 0.1) is 11.1 Å². The van der Waals surface area contributed by atoms with E-state index in [0.717, 1.165) is 37.3 Å². The molecular weight excluding hydrogens is 354 g/mol. The first-order chi connectivity index (χ1) is 11.2. The molecule has 4 rings (SSSR count). The molecule has 0 atom stereocenters. The number of anilines is 1. The Morgan fingerprint density at radius 3 is 2.78 bits per heavy atom. The van der Waals surface area contributed by atoms with Crippen molar-refractivity contribution in [3.63, 3.8) is 0 Å². The summed E-state index contributed by atoms with van der Waals surface area (Å²) in [4.78, 5) is 18.1. The van der Waals surface area contributed by atoms with Gasteiger partial charge in [-0.1, -0.05) is 22.0 Å². The summed E-state index contributed by atoms with van der Waals surface area (Å²) >= 11 is 3.51. The van der Waals surface area contributed by atoms with Gasteiger partial charge >= 0.3 is 0 Å². The van der Waals surface area contributed by atoms with Crippen molar-refractivity contribution in [2.75, 3.05) is 5.32 Å². The standard InChI is InChI=1S/C18H14BrN3O/c19-13-1-2-15-12(9-22-14-4-5-20-10-14)7-11-3-6-21-18(23)17(11)16(15)8-13/h1-8,10,20,22H,9H2,(H,21,23). The van der Waals surface area contributed by atoms with Gasteiger partial charge in [0, 0.05) is 29.6 Å². The first-order valence-corrected chi connectivity index (χ1v) is 8.11. The first-order valence-electron chi connectivity index (χ1n) is 7.31. The molecule has 0 spiro atoms. The van der Waals surface area contributed by atoms with Crippen molar-refractivity contribution in [1.29, 1.82) is 0 Å². The molecule has 114 valence electrons. The third-order valence-electron chi connectivity index (χ3n) is 4.00. The van der Waals surface area contributed by atoms with E-state index in [1.807, 2.05) is 36.7 Å². The summed E-state index contributed by atoms with van der Waals surface area (Å²) in [5.41, 5.74) is 2.14. The Morgan fingerprint density at radius 1 is 1.04 bits per heavy atom. The molecule has 0 saturated carbocycles. The second-order valence-electron chi connectivity index (χ2n) is 5.45. The summed E-state index contributed by atoms with van der Waals surface area (Å²) < 4.78 is 0.963. The maximum Gasteiger partial charge on any atom is 0.256 e. The van der Waals surface area contributed by atoms with Crippen LogP contribution in [0, 0.1) is 0 Å². The maximum atomic E-state index is 12.3. The van der Waals surface area contributed by atoms with E-state index in [1.54, 1.807) is 6.20 Å². The maximum absolute atomic E-state index is 12.3. The molecule has 2 aromatic heterocycles. The van der Waals surface area contributed by atoms with Crippen LogP contribution in [0.3, 0.4) is 0 Å². The molecule has 3 N–H and O–H groups in total. The molecule has 0 fully saturated rings. The monoisotopic (exact) mass is 367 g/mol. The third kappa shape index (κ3) is 2.53. The van der Waals surface area contributed by atoms with Crippen molar-refractivity contribution in [2.45, 2.75) is 6.54 Å². The number of aromatic amines is 2. The number of H-pyrrole nitrogens is 2. The van der Waals surface area contributed by atoms with Gasteiger partial charge in [-0.15, -0.1) is 0 Å². The molecule has 0 amide bonds. The summed E-state index contributed by atoms with van der Waals surface area (Å²) in [6, 6.07) is 12.1. The summed E-state index contributed by atoms with van der Waals surface area (Å²) in [6.07, 6.45) is 5.50. The zero-order valence-electron chi connectivity index (χ0n) is 12.2. The van der Waals surface area contributed by atoms with Crippen molar-refractivity contribution in [2.24, 2.45) is 0 Å². The largest absolute Gasteiger partial charge is 0.380 e. The molecule has 0 bridgehead atoms. The van der Waals surface area contributed by atoms with Crippen LogP contribution in [0.1, 0.15) is 5.56 Å². The molecule has 23 heavy (non-hydrogen) atoms. The highest BCUT2D eigenvalue weighted by atomic mass is 79.9. The zero-order chi connectivity index (χ0) is 15.8. The number of aromatic nitrogens is 2. The number of hydrogen-bond donors (Lipinski definition) is 3. The molecule has 0 unspecified atom stereocenters. The lowest BCUT2D eigenvalue weighted by Gasteiger charge is -2.11. The van der Waals surface area contributed by atoms with Gasteiger partial charge in [0.2, 0.25) is 0 Å². The summed E-state index contributed by atoms with van der Waals surface area (Å²) in [5.74, 6) is 0. The molecular formula is C18H14BrN3O. The number of pyridine rings is 1. The highest BCUT2D eigenvalue weighted by Gasteiger charge is 2.10. The second kappa shape index (κ2) is 5.59. The molecule has 0 aliphatic carbocycles. The van der Waals surface area contributed by atoms with Crippen LogP contribution in [0.25, 0.3) is 21.5 Å². The van der Waals surface area contributed by atoms with Gasteiger partial charge in [0.15, 0.2) is 0 Å². The Bertz CT molecular complexity index is 1050. The first kappa shape index (κ1) is 14.1. The average molecular weight is 368 g/mol. The Hall–Kier alpha value is -2.53. The van der Waals surface area contributed by atoms with E-state index in [9.17, 15) is 4.79 Å². The molecule has 0 aliphatic heterocycles. The molecule has 0 aliphatic rings. The summed E-state index contributed by atoms with van der Waals surface area (Å²) in [5, 5.41) is 7.12. The minimum absolute atomic E-state index is 0.0595. The van der Waals surface area contributed by atoms with Crippen LogP contribution in [0.15, 0.2) is 64.3 Å². The Kier molecular flexibility index (Phi) is 3.42. The lowest BCUT2D eigenvalue weighted by Crippen LogP contribution is -2.07. The van der Waals surface area contributed by atoms with Gasteiger partial charge in [-0.05, 0) is 52.1 Å². The van der Waals surface area contributed by atoms with E-state index in [2.05, 4.69) is 43.3 Å². The second-order valence-corrected chi connectivity index (χ2v) is 6.37. The lowest BCUT2D eigenvalue weighted by atomic mass is 9.98. The van der Waals surface area contributed by atoms with E-state index in [-0.39, 0.29) is 5.56 Å². The topological polar surface area (TPSA) is 60.7 Å². The molecule has 5 heteroatoms. The number of benzene rings is 2. The van der Waals surface area contributed by atoms with Crippen LogP contribution in [0.2, 0.25) is 0 Å². The van der Waals surface area contributed by atoms with Gasteiger partial charge < -0.3 is 15.3 Å². The number of rotatable bonds is 3. The third-order valence-corrected chi connectivity index (χ3v) is 4.49. The van der Waals surface area contributed by atoms with Crippen molar-refractivity contribution < 1.29 is 0 Å². The predicted octanol–water partition coefficient (Wildman–Crippen LogP) is 4.38. The highest BCUT2D eigenvalue weighted by molar-refractivity contribution is 9.10. The minimum atomic E-state index is -0.0595. The number of hydrogen-bond acceptors (Lipinski definition) is 2. The Labute approximate surface area is 140 Å². The molecule has 4 aromatic rings. The molecule has 4 nitrogen and oxygen atoms in total.